The highest BCUT2D eigenvalue weighted by Gasteiger charge is 2.35. The molecule has 3 N–H and O–H groups in total. The zero-order valence-electron chi connectivity index (χ0n) is 8.45. The van der Waals surface area contributed by atoms with Gasteiger partial charge in [0.25, 0.3) is 0 Å². The molecule has 1 saturated carbocycles. The third kappa shape index (κ3) is 3.17. The van der Waals surface area contributed by atoms with E-state index in [4.69, 9.17) is 9.79 Å². The van der Waals surface area contributed by atoms with Gasteiger partial charge >= 0.3 is 0 Å². The first kappa shape index (κ1) is 11.4. The Morgan fingerprint density at radius 2 is 2.23 bits per heavy atom. The predicted molar refractivity (Wildman–Crippen MR) is 55.6 cm³/mol. The smallest absolute Gasteiger partial charge is 0.164 e. The lowest BCUT2D eigenvalue weighted by Gasteiger charge is -2.29. The van der Waals surface area contributed by atoms with Crippen LogP contribution in [0.25, 0.3) is 0 Å². The van der Waals surface area contributed by atoms with Crippen molar-refractivity contribution in [3.05, 3.63) is 0 Å². The second-order valence-corrected chi connectivity index (χ2v) is 5.42. The molecule has 1 rings (SSSR count). The second-order valence-electron chi connectivity index (χ2n) is 4.22. The minimum Gasteiger partial charge on any atom is -0.350 e. The Morgan fingerprint density at radius 1 is 1.54 bits per heavy atom. The van der Waals surface area contributed by atoms with Gasteiger partial charge in [0.2, 0.25) is 0 Å². The van der Waals surface area contributed by atoms with Crippen molar-refractivity contribution in [1.82, 2.24) is 5.32 Å². The summed E-state index contributed by atoms with van der Waals surface area (Å²) >= 11 is 0. The van der Waals surface area contributed by atoms with Crippen LogP contribution in [0, 0.1) is 5.92 Å². The fourth-order valence-electron chi connectivity index (χ4n) is 2.29. The molecule has 0 spiro atoms. The zero-order valence-corrected chi connectivity index (χ0v) is 9.35. The average molecular weight is 205 g/mol. The fraction of sp³-hybridized carbons (Fsp3) is 1.00. The minimum absolute atomic E-state index is 0.186. The summed E-state index contributed by atoms with van der Waals surface area (Å²) in [5.41, 5.74) is 0.186. The van der Waals surface area contributed by atoms with Crippen molar-refractivity contribution in [2.24, 2.45) is 5.92 Å². The van der Waals surface area contributed by atoms with E-state index >= 15 is 0 Å². The highest BCUT2D eigenvalue weighted by molar-refractivity contribution is 7.45. The van der Waals surface area contributed by atoms with Gasteiger partial charge in [0, 0.05) is 11.7 Å². The van der Waals surface area contributed by atoms with E-state index in [0.717, 1.165) is 12.3 Å². The van der Waals surface area contributed by atoms with Crippen molar-refractivity contribution < 1.29 is 9.79 Å². The monoisotopic (exact) mass is 205 g/mol. The quantitative estimate of drug-likeness (QED) is 0.609. The van der Waals surface area contributed by atoms with Crippen molar-refractivity contribution in [2.45, 2.75) is 38.1 Å². The van der Waals surface area contributed by atoms with Gasteiger partial charge in [-0.2, -0.15) is 0 Å². The molecule has 0 aliphatic heterocycles. The van der Waals surface area contributed by atoms with E-state index in [9.17, 15) is 0 Å². The first-order valence-electron chi connectivity index (χ1n) is 4.92. The van der Waals surface area contributed by atoms with Crippen molar-refractivity contribution in [1.29, 1.82) is 0 Å². The molecular formula is C9H20NO2P. The van der Waals surface area contributed by atoms with Crippen molar-refractivity contribution in [3.63, 3.8) is 0 Å². The molecule has 13 heavy (non-hydrogen) atoms. The number of hydrogen-bond acceptors (Lipinski definition) is 3. The molecule has 78 valence electrons. The van der Waals surface area contributed by atoms with Crippen molar-refractivity contribution in [2.75, 3.05) is 13.2 Å². The van der Waals surface area contributed by atoms with Gasteiger partial charge in [-0.3, -0.25) is 0 Å². The molecule has 0 aromatic carbocycles. The maximum Gasteiger partial charge on any atom is 0.164 e. The molecule has 0 amide bonds. The molecule has 1 aliphatic carbocycles. The molecule has 2 unspecified atom stereocenters. The van der Waals surface area contributed by atoms with Crippen LogP contribution in [0.2, 0.25) is 0 Å². The van der Waals surface area contributed by atoms with Crippen LogP contribution in [-0.4, -0.2) is 28.5 Å². The largest absolute Gasteiger partial charge is 0.350 e. The third-order valence-corrected chi connectivity index (χ3v) is 3.80. The fourth-order valence-corrected chi connectivity index (χ4v) is 2.92. The normalized spacial score (nSPS) is 34.4. The molecule has 1 aliphatic rings. The van der Waals surface area contributed by atoms with Crippen LogP contribution in [0.4, 0.5) is 0 Å². The van der Waals surface area contributed by atoms with E-state index in [-0.39, 0.29) is 5.54 Å². The van der Waals surface area contributed by atoms with Gasteiger partial charge in [-0.05, 0) is 38.6 Å². The molecule has 1 fully saturated rings. The van der Waals surface area contributed by atoms with Crippen LogP contribution >= 0.6 is 8.38 Å². The van der Waals surface area contributed by atoms with Crippen molar-refractivity contribution >= 4 is 8.38 Å². The van der Waals surface area contributed by atoms with Gasteiger partial charge in [-0.15, -0.1) is 0 Å². The van der Waals surface area contributed by atoms with Crippen LogP contribution in [0.1, 0.15) is 32.6 Å². The van der Waals surface area contributed by atoms with Gasteiger partial charge in [0.1, 0.15) is 0 Å². The van der Waals surface area contributed by atoms with Crippen LogP contribution in [0.3, 0.4) is 0 Å². The van der Waals surface area contributed by atoms with E-state index in [1.807, 2.05) is 7.05 Å². The second kappa shape index (κ2) is 4.70. The summed E-state index contributed by atoms with van der Waals surface area (Å²) < 4.78 is 0. The molecule has 3 nitrogen and oxygen atoms in total. The van der Waals surface area contributed by atoms with Gasteiger partial charge < -0.3 is 15.1 Å². The van der Waals surface area contributed by atoms with E-state index < -0.39 is 8.38 Å². The van der Waals surface area contributed by atoms with Gasteiger partial charge in [-0.1, -0.05) is 6.92 Å². The molecule has 0 bridgehead atoms. The topological polar surface area (TPSA) is 52.5 Å². The number of rotatable bonds is 4. The van der Waals surface area contributed by atoms with E-state index in [1.165, 1.54) is 19.3 Å². The van der Waals surface area contributed by atoms with Crippen molar-refractivity contribution in [3.8, 4) is 0 Å². The summed E-state index contributed by atoms with van der Waals surface area (Å²) in [7, 11) is 0.273. The van der Waals surface area contributed by atoms with Crippen LogP contribution in [0.5, 0.6) is 0 Å². The van der Waals surface area contributed by atoms with E-state index in [0.29, 0.717) is 6.16 Å². The zero-order chi connectivity index (χ0) is 9.90. The lowest BCUT2D eigenvalue weighted by atomic mass is 9.93. The van der Waals surface area contributed by atoms with Crippen LogP contribution in [-0.2, 0) is 0 Å². The third-order valence-electron chi connectivity index (χ3n) is 3.18. The van der Waals surface area contributed by atoms with Crippen LogP contribution < -0.4 is 5.32 Å². The maximum absolute atomic E-state index is 8.88. The summed E-state index contributed by atoms with van der Waals surface area (Å²) in [6, 6.07) is 0. The Bertz CT molecular complexity index is 166. The molecule has 0 aromatic heterocycles. The lowest BCUT2D eigenvalue weighted by Crippen LogP contribution is -2.41. The molecular weight excluding hydrogens is 185 g/mol. The highest BCUT2D eigenvalue weighted by atomic mass is 31.2. The average Bonchev–Trinajstić information content (AvgIpc) is 2.45. The number of hydrogen-bond donors (Lipinski definition) is 3. The summed E-state index contributed by atoms with van der Waals surface area (Å²) in [5, 5.41) is 3.35. The summed E-state index contributed by atoms with van der Waals surface area (Å²) in [6.45, 7) is 2.26. The Labute approximate surface area is 81.5 Å². The molecule has 4 heteroatoms. The molecule has 0 radical (unpaired) electrons. The first-order valence-corrected chi connectivity index (χ1v) is 6.35. The Kier molecular flexibility index (Phi) is 4.11. The molecule has 0 heterocycles. The SMILES string of the molecule is CNC1(CCP(O)O)CCC(C)C1. The first-order chi connectivity index (χ1) is 6.08. The van der Waals surface area contributed by atoms with Gasteiger partial charge in [-0.25, -0.2) is 0 Å². The molecule has 0 saturated heterocycles. The Morgan fingerprint density at radius 3 is 2.62 bits per heavy atom. The van der Waals surface area contributed by atoms with Gasteiger partial charge in [0.15, 0.2) is 8.38 Å². The predicted octanol–water partition coefficient (Wildman–Crippen LogP) is 1.45. The maximum atomic E-state index is 8.88. The summed E-state index contributed by atoms with van der Waals surface area (Å²) in [5.74, 6) is 0.774. The van der Waals surface area contributed by atoms with Crippen LogP contribution in [0.15, 0.2) is 0 Å². The Balaban J connectivity index is 2.41. The highest BCUT2D eigenvalue weighted by Crippen LogP contribution is 2.39. The Hall–Kier alpha value is 0.310. The number of nitrogens with one attached hydrogen (secondary N) is 1. The lowest BCUT2D eigenvalue weighted by molar-refractivity contribution is 0.332. The molecule has 0 aromatic rings. The summed E-state index contributed by atoms with van der Waals surface area (Å²) in [4.78, 5) is 17.8. The molecule has 2 atom stereocenters. The van der Waals surface area contributed by atoms with E-state index in [2.05, 4.69) is 12.2 Å². The van der Waals surface area contributed by atoms with E-state index in [1.54, 1.807) is 0 Å². The summed E-state index contributed by atoms with van der Waals surface area (Å²) in [6.07, 6.45) is 5.05. The minimum atomic E-state index is -1.71. The standard InChI is InChI=1S/C9H20NO2P/c1-8-3-4-9(7-8,10-2)5-6-13(11)12/h8,10-12H,3-7H2,1-2H3. The van der Waals surface area contributed by atoms with Gasteiger partial charge in [0.05, 0.1) is 0 Å².